The van der Waals surface area contributed by atoms with Crippen molar-refractivity contribution in [3.8, 4) is 17.7 Å². The molecular formula is C22H19N5O5. The lowest BCUT2D eigenvalue weighted by molar-refractivity contribution is -0.116. The van der Waals surface area contributed by atoms with E-state index >= 15 is 0 Å². The molecule has 0 aliphatic heterocycles. The molecule has 0 aliphatic rings. The second-order valence-electron chi connectivity index (χ2n) is 6.97. The summed E-state index contributed by atoms with van der Waals surface area (Å²) in [7, 11) is 0. The molecule has 0 saturated carbocycles. The fourth-order valence-electron chi connectivity index (χ4n) is 3.20. The Bertz CT molecular complexity index is 1340. The predicted molar refractivity (Wildman–Crippen MR) is 117 cm³/mol. The molecule has 2 amide bonds. The van der Waals surface area contributed by atoms with E-state index in [4.69, 9.17) is 15.1 Å². The van der Waals surface area contributed by atoms with Crippen molar-refractivity contribution in [2.75, 3.05) is 5.32 Å². The number of anilines is 1. The van der Waals surface area contributed by atoms with Gasteiger partial charge in [0.25, 0.3) is 11.5 Å². The van der Waals surface area contributed by atoms with Crippen LogP contribution >= 0.6 is 0 Å². The minimum Gasteiger partial charge on any atom is -0.465 e. The highest BCUT2D eigenvalue weighted by atomic mass is 16.5. The molecular weight excluding hydrogens is 414 g/mol. The molecule has 10 heteroatoms. The first-order valence-electron chi connectivity index (χ1n) is 9.39. The van der Waals surface area contributed by atoms with Crippen LogP contribution in [0.5, 0.6) is 11.6 Å². The molecule has 32 heavy (non-hydrogen) atoms. The summed E-state index contributed by atoms with van der Waals surface area (Å²) < 4.78 is 6.04. The van der Waals surface area contributed by atoms with Gasteiger partial charge in [0, 0.05) is 11.9 Å². The van der Waals surface area contributed by atoms with Crippen molar-refractivity contribution in [1.82, 2.24) is 15.5 Å². The Hall–Kier alpha value is -4.65. The third-order valence-corrected chi connectivity index (χ3v) is 4.62. The van der Waals surface area contributed by atoms with Gasteiger partial charge in [-0.3, -0.25) is 14.9 Å². The van der Waals surface area contributed by atoms with E-state index in [0.717, 1.165) is 22.9 Å². The van der Waals surface area contributed by atoms with Crippen molar-refractivity contribution >= 4 is 28.5 Å². The van der Waals surface area contributed by atoms with E-state index in [1.54, 1.807) is 43.4 Å². The molecule has 0 atom stereocenters. The Balaban J connectivity index is 1.91. The molecule has 162 valence electrons. The van der Waals surface area contributed by atoms with Gasteiger partial charge < -0.3 is 15.2 Å². The van der Waals surface area contributed by atoms with Crippen LogP contribution in [-0.4, -0.2) is 27.3 Å². The van der Waals surface area contributed by atoms with Gasteiger partial charge in [0.05, 0.1) is 10.8 Å². The van der Waals surface area contributed by atoms with Gasteiger partial charge in [-0.15, -0.1) is 5.10 Å². The number of fused-ring (bicyclic) bond motifs is 1. The first-order valence-corrected chi connectivity index (χ1v) is 9.39. The molecule has 4 N–H and O–H groups in total. The van der Waals surface area contributed by atoms with Gasteiger partial charge >= 0.3 is 6.09 Å². The Morgan fingerprint density at radius 2 is 1.88 bits per heavy atom. The molecule has 1 aromatic heterocycles. The number of ether oxygens (including phenoxy) is 1. The van der Waals surface area contributed by atoms with Crippen LogP contribution in [0.15, 0.2) is 46.9 Å². The number of hydrogen-bond donors (Lipinski definition) is 4. The number of H-pyrrole nitrogens is 1. The molecule has 0 spiro atoms. The maximum atomic E-state index is 12.2. The molecule has 3 rings (SSSR count). The van der Waals surface area contributed by atoms with Gasteiger partial charge in [0.2, 0.25) is 5.88 Å². The zero-order chi connectivity index (χ0) is 23.4. The Morgan fingerprint density at radius 1 is 1.19 bits per heavy atom. The Morgan fingerprint density at radius 3 is 2.50 bits per heavy atom. The van der Waals surface area contributed by atoms with E-state index < -0.39 is 17.6 Å². The van der Waals surface area contributed by atoms with E-state index in [0.29, 0.717) is 22.2 Å². The molecule has 0 saturated heterocycles. The molecule has 1 heterocycles. The van der Waals surface area contributed by atoms with Crippen molar-refractivity contribution in [3.63, 3.8) is 0 Å². The zero-order valence-corrected chi connectivity index (χ0v) is 17.4. The summed E-state index contributed by atoms with van der Waals surface area (Å²) in [6, 6.07) is 10.5. The average Bonchev–Trinajstić information content (AvgIpc) is 2.72. The monoisotopic (exact) mass is 433 g/mol. The van der Waals surface area contributed by atoms with E-state index in [-0.39, 0.29) is 11.4 Å². The second-order valence-corrected chi connectivity index (χ2v) is 6.97. The first kappa shape index (κ1) is 22.0. The minimum atomic E-state index is -1.55. The smallest absolute Gasteiger partial charge is 0.411 e. The van der Waals surface area contributed by atoms with E-state index in [9.17, 15) is 14.4 Å². The van der Waals surface area contributed by atoms with Gasteiger partial charge in [-0.25, -0.2) is 9.89 Å². The molecule has 0 radical (unpaired) electrons. The van der Waals surface area contributed by atoms with Crippen molar-refractivity contribution in [3.05, 3.63) is 69.1 Å². The summed E-state index contributed by atoms with van der Waals surface area (Å²) in [5, 5.41) is 29.7. The van der Waals surface area contributed by atoms with Crippen molar-refractivity contribution in [2.45, 2.75) is 20.8 Å². The van der Waals surface area contributed by atoms with E-state index in [2.05, 4.69) is 15.5 Å². The fourth-order valence-corrected chi connectivity index (χ4v) is 3.20. The summed E-state index contributed by atoms with van der Waals surface area (Å²) in [4.78, 5) is 34.4. The van der Waals surface area contributed by atoms with Gasteiger partial charge in [-0.05, 0) is 55.7 Å². The number of aromatic nitrogens is 2. The number of carbonyl (C=O) groups is 2. The number of imide groups is 1. The van der Waals surface area contributed by atoms with Crippen molar-refractivity contribution < 1.29 is 19.4 Å². The van der Waals surface area contributed by atoms with Crippen LogP contribution < -0.4 is 20.9 Å². The van der Waals surface area contributed by atoms with Gasteiger partial charge in [0.1, 0.15) is 17.4 Å². The lowest BCUT2D eigenvalue weighted by Crippen LogP contribution is -2.29. The molecule has 10 nitrogen and oxygen atoms in total. The summed E-state index contributed by atoms with van der Waals surface area (Å²) in [5.41, 5.74) is 2.11. The summed E-state index contributed by atoms with van der Waals surface area (Å²) >= 11 is 0. The fraction of sp³-hybridized carbons (Fsp3) is 0.136. The number of nitriles is 1. The van der Waals surface area contributed by atoms with Gasteiger partial charge in [0.15, 0.2) is 0 Å². The van der Waals surface area contributed by atoms with Crippen LogP contribution in [0.3, 0.4) is 0 Å². The Labute approximate surface area is 182 Å². The largest absolute Gasteiger partial charge is 0.465 e. The lowest BCUT2D eigenvalue weighted by atomic mass is 10.1. The number of rotatable bonds is 5. The minimum absolute atomic E-state index is 0.257. The summed E-state index contributed by atoms with van der Waals surface area (Å²) in [6.07, 6.45) is -0.435. The Kier molecular flexibility index (Phi) is 6.21. The van der Waals surface area contributed by atoms with Crippen LogP contribution in [0.2, 0.25) is 0 Å². The number of benzene rings is 2. The number of amides is 2. The van der Waals surface area contributed by atoms with Crippen LogP contribution in [0.4, 0.5) is 10.5 Å². The number of nitrogens with one attached hydrogen (secondary N) is 3. The highest BCUT2D eigenvalue weighted by molar-refractivity contribution is 6.04. The number of aryl methyl sites for hydroxylation is 3. The summed E-state index contributed by atoms with van der Waals surface area (Å²) in [5.74, 6) is -0.245. The van der Waals surface area contributed by atoms with E-state index in [1.807, 2.05) is 19.1 Å². The van der Waals surface area contributed by atoms with Crippen LogP contribution in [0, 0.1) is 32.1 Å². The highest BCUT2D eigenvalue weighted by Crippen LogP contribution is 2.33. The maximum Gasteiger partial charge on any atom is 0.411 e. The third-order valence-electron chi connectivity index (χ3n) is 4.62. The maximum absolute atomic E-state index is 12.2. The van der Waals surface area contributed by atoms with Gasteiger partial charge in [-0.2, -0.15) is 5.26 Å². The van der Waals surface area contributed by atoms with Crippen molar-refractivity contribution in [1.29, 1.82) is 5.26 Å². The number of aromatic amines is 1. The SMILES string of the molecule is Cc1cc(N/C=C(/C#N)C(=O)NC(=O)O)cc(C)c1Oc1n[nH]c(=O)c2c(C)cccc12. The predicted octanol–water partition coefficient (Wildman–Crippen LogP) is 3.25. The van der Waals surface area contributed by atoms with Crippen LogP contribution in [-0.2, 0) is 4.79 Å². The standard InChI is InChI=1S/C22H19N5O5/c1-11-5-4-6-16-17(11)20(29)26-27-21(16)32-18-12(2)7-15(8-13(18)3)24-10-14(9-23)19(28)25-22(30)31/h4-8,10,24H,1-3H3,(H,25,28)(H,26,29)(H,30,31)/b14-10-. The normalized spacial score (nSPS) is 11.0. The molecule has 3 aromatic rings. The third kappa shape index (κ3) is 4.57. The van der Waals surface area contributed by atoms with Crippen LogP contribution in [0.1, 0.15) is 16.7 Å². The quantitative estimate of drug-likeness (QED) is 0.353. The van der Waals surface area contributed by atoms with Gasteiger partial charge in [-0.1, -0.05) is 12.1 Å². The molecule has 0 bridgehead atoms. The average molecular weight is 433 g/mol. The van der Waals surface area contributed by atoms with Crippen molar-refractivity contribution in [2.24, 2.45) is 0 Å². The van der Waals surface area contributed by atoms with Crippen LogP contribution in [0.25, 0.3) is 10.8 Å². The molecule has 0 fully saturated rings. The molecule has 0 unspecified atom stereocenters. The first-order chi connectivity index (χ1) is 15.2. The number of carboxylic acid groups (broad SMARTS) is 1. The topological polar surface area (TPSA) is 157 Å². The number of nitrogens with zero attached hydrogens (tertiary/aromatic N) is 2. The zero-order valence-electron chi connectivity index (χ0n) is 17.4. The number of carbonyl (C=O) groups excluding carboxylic acids is 1. The molecule has 2 aromatic carbocycles. The second kappa shape index (κ2) is 9.01. The highest BCUT2D eigenvalue weighted by Gasteiger charge is 2.15. The molecule has 0 aliphatic carbocycles. The number of hydrogen-bond acceptors (Lipinski definition) is 7. The lowest BCUT2D eigenvalue weighted by Gasteiger charge is -2.14. The summed E-state index contributed by atoms with van der Waals surface area (Å²) in [6.45, 7) is 5.44. The van der Waals surface area contributed by atoms with E-state index in [1.165, 1.54) is 0 Å².